The maximum absolute atomic E-state index is 12.8. The summed E-state index contributed by atoms with van der Waals surface area (Å²) in [4.78, 5) is 37.1. The van der Waals surface area contributed by atoms with Crippen molar-refractivity contribution in [1.82, 2.24) is 0 Å². The molecular formula is C23H25NO5. The average Bonchev–Trinajstić information content (AvgIpc) is 2.68. The van der Waals surface area contributed by atoms with Crippen molar-refractivity contribution in [2.24, 2.45) is 5.92 Å². The van der Waals surface area contributed by atoms with Crippen LogP contribution in [0.1, 0.15) is 53.5 Å². The molecule has 0 aromatic heterocycles. The minimum Gasteiger partial charge on any atom is -0.462 e. The minimum absolute atomic E-state index is 0.293. The molecule has 1 aliphatic rings. The zero-order chi connectivity index (χ0) is 21.0. The van der Waals surface area contributed by atoms with Crippen molar-refractivity contribution in [2.45, 2.75) is 39.2 Å². The standard InChI is InChI=1S/C23H25NO5/c1-15(2)12-13-28-20(25)16-8-10-18(11-9-16)24-22(27)23(3)14-17-6-4-5-7-19(17)21(26)29-23/h4-11,15H,12-14H2,1-3H3,(H,24,27). The van der Waals surface area contributed by atoms with Crippen molar-refractivity contribution >= 4 is 23.5 Å². The summed E-state index contributed by atoms with van der Waals surface area (Å²) in [5, 5.41) is 2.76. The fourth-order valence-electron chi connectivity index (χ4n) is 3.08. The van der Waals surface area contributed by atoms with Crippen molar-refractivity contribution in [3.8, 4) is 0 Å². The van der Waals surface area contributed by atoms with Crippen molar-refractivity contribution in [3.63, 3.8) is 0 Å². The Kier molecular flexibility index (Phi) is 6.01. The minimum atomic E-state index is -1.31. The van der Waals surface area contributed by atoms with Crippen LogP contribution in [0.25, 0.3) is 0 Å². The highest BCUT2D eigenvalue weighted by atomic mass is 16.6. The zero-order valence-electron chi connectivity index (χ0n) is 16.9. The Hall–Kier alpha value is -3.15. The van der Waals surface area contributed by atoms with Crippen LogP contribution in [0.5, 0.6) is 0 Å². The van der Waals surface area contributed by atoms with Gasteiger partial charge in [-0.2, -0.15) is 0 Å². The molecule has 0 radical (unpaired) electrons. The molecule has 1 heterocycles. The fraction of sp³-hybridized carbons (Fsp3) is 0.348. The summed E-state index contributed by atoms with van der Waals surface area (Å²) in [6.07, 6.45) is 1.10. The molecular weight excluding hydrogens is 370 g/mol. The number of carbonyl (C=O) groups excluding carboxylic acids is 3. The Morgan fingerprint density at radius 3 is 2.52 bits per heavy atom. The van der Waals surface area contributed by atoms with Gasteiger partial charge in [0.05, 0.1) is 17.7 Å². The van der Waals surface area contributed by atoms with E-state index in [0.717, 1.165) is 12.0 Å². The van der Waals surface area contributed by atoms with Gasteiger partial charge in [-0.25, -0.2) is 9.59 Å². The number of nitrogens with one attached hydrogen (secondary N) is 1. The summed E-state index contributed by atoms with van der Waals surface area (Å²) in [6, 6.07) is 13.5. The highest BCUT2D eigenvalue weighted by Gasteiger charge is 2.42. The van der Waals surface area contributed by atoms with Gasteiger partial charge in [0.25, 0.3) is 5.91 Å². The predicted octanol–water partition coefficient (Wildman–Crippen LogP) is 4.00. The lowest BCUT2D eigenvalue weighted by Crippen LogP contribution is -2.48. The van der Waals surface area contributed by atoms with Gasteiger partial charge in [-0.3, -0.25) is 4.79 Å². The number of hydrogen-bond acceptors (Lipinski definition) is 5. The normalized spacial score (nSPS) is 18.0. The van der Waals surface area contributed by atoms with E-state index in [-0.39, 0.29) is 0 Å². The van der Waals surface area contributed by atoms with Gasteiger partial charge in [-0.1, -0.05) is 32.0 Å². The first-order chi connectivity index (χ1) is 13.8. The van der Waals surface area contributed by atoms with Gasteiger partial charge >= 0.3 is 11.9 Å². The van der Waals surface area contributed by atoms with E-state index in [1.165, 1.54) is 0 Å². The third-order valence-electron chi connectivity index (χ3n) is 4.87. The Morgan fingerprint density at radius 2 is 1.83 bits per heavy atom. The summed E-state index contributed by atoms with van der Waals surface area (Å²) in [5.74, 6) is -0.868. The molecule has 1 amide bonds. The van der Waals surface area contributed by atoms with Crippen LogP contribution in [-0.4, -0.2) is 30.1 Å². The number of cyclic esters (lactones) is 1. The number of esters is 2. The van der Waals surface area contributed by atoms with E-state index >= 15 is 0 Å². The molecule has 1 unspecified atom stereocenters. The van der Waals surface area contributed by atoms with E-state index in [1.807, 2.05) is 12.1 Å². The first kappa shape index (κ1) is 20.6. The number of ether oxygens (including phenoxy) is 2. The Bertz CT molecular complexity index is 919. The second-order valence-corrected chi connectivity index (χ2v) is 7.80. The number of amides is 1. The van der Waals surface area contributed by atoms with Crippen LogP contribution in [0.15, 0.2) is 48.5 Å². The maximum Gasteiger partial charge on any atom is 0.339 e. The van der Waals surface area contributed by atoms with Gasteiger partial charge in [0.1, 0.15) is 0 Å². The lowest BCUT2D eigenvalue weighted by molar-refractivity contribution is -0.134. The van der Waals surface area contributed by atoms with Crippen LogP contribution >= 0.6 is 0 Å². The molecule has 0 bridgehead atoms. The summed E-state index contributed by atoms with van der Waals surface area (Å²) in [5.41, 5.74) is 0.875. The van der Waals surface area contributed by atoms with Gasteiger partial charge in [0.15, 0.2) is 5.60 Å². The third kappa shape index (κ3) is 4.83. The second-order valence-electron chi connectivity index (χ2n) is 7.80. The lowest BCUT2D eigenvalue weighted by Gasteiger charge is -2.33. The van der Waals surface area contributed by atoms with Crippen molar-refractivity contribution in [2.75, 3.05) is 11.9 Å². The molecule has 29 heavy (non-hydrogen) atoms. The fourth-order valence-corrected chi connectivity index (χ4v) is 3.08. The molecule has 1 N–H and O–H groups in total. The third-order valence-corrected chi connectivity index (χ3v) is 4.87. The SMILES string of the molecule is CC(C)CCOC(=O)c1ccc(NC(=O)C2(C)Cc3ccccc3C(=O)O2)cc1. The largest absolute Gasteiger partial charge is 0.462 e. The number of hydrogen-bond donors (Lipinski definition) is 1. The van der Waals surface area contributed by atoms with Crippen LogP contribution in [0.4, 0.5) is 5.69 Å². The molecule has 1 atom stereocenters. The molecule has 2 aromatic rings. The van der Waals surface area contributed by atoms with E-state index < -0.39 is 23.4 Å². The monoisotopic (exact) mass is 395 g/mol. The molecule has 0 saturated carbocycles. The summed E-state index contributed by atoms with van der Waals surface area (Å²) in [7, 11) is 0. The van der Waals surface area contributed by atoms with E-state index in [0.29, 0.717) is 35.8 Å². The first-order valence-electron chi connectivity index (χ1n) is 9.68. The van der Waals surface area contributed by atoms with Gasteiger partial charge in [0.2, 0.25) is 0 Å². The van der Waals surface area contributed by atoms with Crippen LogP contribution < -0.4 is 5.32 Å². The Morgan fingerprint density at radius 1 is 1.14 bits per heavy atom. The second kappa shape index (κ2) is 8.47. The molecule has 0 spiro atoms. The van der Waals surface area contributed by atoms with E-state index in [9.17, 15) is 14.4 Å². The Balaban J connectivity index is 1.64. The molecule has 0 saturated heterocycles. The van der Waals surface area contributed by atoms with Crippen LogP contribution in [0.2, 0.25) is 0 Å². The number of fused-ring (bicyclic) bond motifs is 1. The predicted molar refractivity (Wildman–Crippen MR) is 109 cm³/mol. The van der Waals surface area contributed by atoms with Crippen LogP contribution in [0, 0.1) is 5.92 Å². The lowest BCUT2D eigenvalue weighted by atomic mass is 9.89. The van der Waals surface area contributed by atoms with Crippen molar-refractivity contribution < 1.29 is 23.9 Å². The molecule has 2 aromatic carbocycles. The van der Waals surface area contributed by atoms with Gasteiger partial charge < -0.3 is 14.8 Å². The van der Waals surface area contributed by atoms with Gasteiger partial charge in [-0.05, 0) is 55.2 Å². The number of anilines is 1. The highest BCUT2D eigenvalue weighted by molar-refractivity contribution is 6.02. The van der Waals surface area contributed by atoms with Crippen LogP contribution in [-0.2, 0) is 20.7 Å². The van der Waals surface area contributed by atoms with Gasteiger partial charge in [-0.15, -0.1) is 0 Å². The Labute approximate surface area is 170 Å². The quantitative estimate of drug-likeness (QED) is 0.748. The topological polar surface area (TPSA) is 81.7 Å². The summed E-state index contributed by atoms with van der Waals surface area (Å²) >= 11 is 0. The molecule has 6 nitrogen and oxygen atoms in total. The highest BCUT2D eigenvalue weighted by Crippen LogP contribution is 2.29. The molecule has 3 rings (SSSR count). The smallest absolute Gasteiger partial charge is 0.339 e. The number of carbonyl (C=O) groups is 3. The molecule has 1 aliphatic heterocycles. The molecule has 0 fully saturated rings. The van der Waals surface area contributed by atoms with E-state index in [2.05, 4.69) is 19.2 Å². The molecule has 0 aliphatic carbocycles. The maximum atomic E-state index is 12.8. The zero-order valence-corrected chi connectivity index (χ0v) is 16.9. The van der Waals surface area contributed by atoms with E-state index in [4.69, 9.17) is 9.47 Å². The number of benzene rings is 2. The van der Waals surface area contributed by atoms with E-state index in [1.54, 1.807) is 43.3 Å². The first-order valence-corrected chi connectivity index (χ1v) is 9.68. The van der Waals surface area contributed by atoms with Gasteiger partial charge in [0, 0.05) is 12.1 Å². The van der Waals surface area contributed by atoms with Crippen molar-refractivity contribution in [3.05, 3.63) is 65.2 Å². The van der Waals surface area contributed by atoms with Crippen molar-refractivity contribution in [1.29, 1.82) is 0 Å². The summed E-state index contributed by atoms with van der Waals surface area (Å²) < 4.78 is 10.7. The molecule has 152 valence electrons. The molecule has 6 heteroatoms. The summed E-state index contributed by atoms with van der Waals surface area (Å²) in [6.45, 7) is 6.10. The van der Waals surface area contributed by atoms with Crippen LogP contribution in [0.3, 0.4) is 0 Å². The number of rotatable bonds is 6. The average molecular weight is 395 g/mol.